The normalized spacial score (nSPS) is 24.6. The number of halogens is 1. The predicted molar refractivity (Wildman–Crippen MR) is 174 cm³/mol. The molecule has 1 aromatic carbocycles. The fraction of sp³-hybridized carbons (Fsp3) is 0.750. The molecule has 1 aromatic rings. The smallest absolute Gasteiger partial charge is 0.109 e. The third-order valence-corrected chi connectivity index (χ3v) is 30.4. The van der Waals surface area contributed by atoms with E-state index in [1.165, 1.54) is 38.5 Å². The largest absolute Gasteiger partial charge is 0.205 e. The molecule has 0 aromatic heterocycles. The summed E-state index contributed by atoms with van der Waals surface area (Å²) in [7, 11) is -2.90. The van der Waals surface area contributed by atoms with E-state index in [4.69, 9.17) is 15.3 Å². The third kappa shape index (κ3) is 3.73. The summed E-state index contributed by atoms with van der Waals surface area (Å²) in [4.78, 5) is 3.96. The van der Waals surface area contributed by atoms with Gasteiger partial charge < -0.3 is 0 Å². The van der Waals surface area contributed by atoms with E-state index in [0.29, 0.717) is 10.8 Å². The Balaban J connectivity index is 2.23. The van der Waals surface area contributed by atoms with Crippen molar-refractivity contribution < 1.29 is 0 Å². The van der Waals surface area contributed by atoms with Crippen LogP contribution in [-0.2, 0) is 21.7 Å². The van der Waals surface area contributed by atoms with Gasteiger partial charge in [-0.15, -0.1) is 15.3 Å². The van der Waals surface area contributed by atoms with Crippen LogP contribution < -0.4 is 5.19 Å². The van der Waals surface area contributed by atoms with Crippen molar-refractivity contribution in [3.05, 3.63) is 38.0 Å². The maximum Gasteiger partial charge on any atom is 0.205 e. The number of benzene rings is 1. The molecule has 4 heteroatoms. The molecule has 202 valence electrons. The minimum Gasteiger partial charge on any atom is -0.109 e. The second-order valence-electron chi connectivity index (χ2n) is 16.1. The maximum absolute atomic E-state index is 4.81. The van der Waals surface area contributed by atoms with Crippen molar-refractivity contribution in [2.24, 2.45) is 0 Å². The van der Waals surface area contributed by atoms with Gasteiger partial charge in [-0.25, -0.2) is 0 Å². The maximum atomic E-state index is 4.81. The first-order valence-electron chi connectivity index (χ1n) is 14.9. The molecule has 0 radical (unpaired) electrons. The number of rotatable bonds is 7. The van der Waals surface area contributed by atoms with Crippen molar-refractivity contribution in [1.29, 1.82) is 0 Å². The van der Waals surface area contributed by atoms with Gasteiger partial charge in [-0.05, 0) is 87.6 Å². The molecule has 4 rings (SSSR count). The molecule has 3 aliphatic rings. The highest BCUT2D eigenvalue weighted by Crippen LogP contribution is 2.63. The molecule has 0 saturated heterocycles. The molecule has 0 bridgehead atoms. The Morgan fingerprint density at radius 3 is 1.22 bits per heavy atom. The van der Waals surface area contributed by atoms with Gasteiger partial charge in [-0.1, -0.05) is 110 Å². The van der Waals surface area contributed by atoms with Crippen LogP contribution in [0.2, 0.25) is 39.3 Å². The van der Waals surface area contributed by atoms with Crippen LogP contribution in [0.5, 0.6) is 0 Å². The van der Waals surface area contributed by atoms with Gasteiger partial charge in [-0.3, -0.25) is 0 Å². The molecule has 1 aliphatic heterocycles. The summed E-state index contributed by atoms with van der Waals surface area (Å²) in [5.41, 5.74) is 8.24. The Kier molecular flexibility index (Phi) is 6.71. The molecule has 0 saturated carbocycles. The molecule has 36 heavy (non-hydrogen) atoms. The summed E-state index contributed by atoms with van der Waals surface area (Å²) in [6, 6.07) is 2.81. The lowest BCUT2D eigenvalue weighted by Crippen LogP contribution is -2.49. The highest BCUT2D eigenvalue weighted by molar-refractivity contribution is 9.27. The summed E-state index contributed by atoms with van der Waals surface area (Å²) in [5, 5.41) is 1.88. The number of hydrogen-bond donors (Lipinski definition) is 0. The van der Waals surface area contributed by atoms with Gasteiger partial charge in [-0.2, -0.15) is 0 Å². The van der Waals surface area contributed by atoms with Crippen LogP contribution in [0.1, 0.15) is 116 Å². The lowest BCUT2D eigenvalue weighted by molar-refractivity contribution is 0.322. The van der Waals surface area contributed by atoms with Gasteiger partial charge in [0.2, 0.25) is 6.69 Å². The molecule has 0 N–H and O–H groups in total. The van der Waals surface area contributed by atoms with Gasteiger partial charge >= 0.3 is 0 Å². The molecule has 0 atom stereocenters. The second kappa shape index (κ2) is 8.30. The molecular weight excluding hydrogens is 549 g/mol. The summed E-state index contributed by atoms with van der Waals surface area (Å²) in [6.07, 6.45) is 7.67. The summed E-state index contributed by atoms with van der Waals surface area (Å²) in [6.45, 7) is 34.0. The van der Waals surface area contributed by atoms with E-state index in [0.717, 1.165) is 0 Å². The van der Waals surface area contributed by atoms with Crippen molar-refractivity contribution in [2.75, 3.05) is 0 Å². The predicted octanol–water partition coefficient (Wildman–Crippen LogP) is 9.86. The Morgan fingerprint density at radius 2 is 0.972 bits per heavy atom. The fourth-order valence-corrected chi connectivity index (χ4v) is 43.7. The number of hydrogen-bond acceptors (Lipinski definition) is 0. The summed E-state index contributed by atoms with van der Waals surface area (Å²) in [5.74, 6) is 0. The highest BCUT2D eigenvalue weighted by atomic mass is 79.9. The molecular formula is C32H55BrSi3. The van der Waals surface area contributed by atoms with E-state index in [1.54, 1.807) is 22.3 Å². The zero-order valence-corrected chi connectivity index (χ0v) is 30.8. The van der Waals surface area contributed by atoms with E-state index in [1.807, 2.05) is 14.8 Å². The van der Waals surface area contributed by atoms with Crippen LogP contribution in [0, 0.1) is 0 Å². The Bertz CT molecular complexity index is 1040. The fourth-order valence-electron chi connectivity index (χ4n) is 9.38. The van der Waals surface area contributed by atoms with Crippen molar-refractivity contribution in [1.82, 2.24) is 0 Å². The first-order chi connectivity index (χ1) is 16.2. The molecule has 2 aliphatic carbocycles. The van der Waals surface area contributed by atoms with Crippen molar-refractivity contribution >= 4 is 43.3 Å². The molecule has 0 unspecified atom stereocenters. The van der Waals surface area contributed by atoms with E-state index < -0.39 is 22.8 Å². The first kappa shape index (κ1) is 29.1. The van der Waals surface area contributed by atoms with Crippen molar-refractivity contribution in [3.8, 4) is 0 Å². The lowest BCUT2D eigenvalue weighted by atomic mass is 9.72. The molecule has 0 spiro atoms. The SMILES string of the molecule is CCC1(CC)CC(C)(C)c2c1cc1c(c2[Si]2(Br)C([Si](C)(C)C)=C2[Si](C)(C)C)C(C)(C)CC1(CC)CC. The molecule has 1 heterocycles. The quantitative estimate of drug-likeness (QED) is 0.215. The van der Waals surface area contributed by atoms with Crippen LogP contribution >= 0.6 is 15.3 Å². The molecule has 0 fully saturated rings. The van der Waals surface area contributed by atoms with Crippen LogP contribution in [0.3, 0.4) is 0 Å². The van der Waals surface area contributed by atoms with Crippen LogP contribution in [0.15, 0.2) is 15.7 Å². The van der Waals surface area contributed by atoms with Gasteiger partial charge in [0.1, 0.15) is 0 Å². The van der Waals surface area contributed by atoms with Crippen LogP contribution in [0.4, 0.5) is 0 Å². The van der Waals surface area contributed by atoms with E-state index in [9.17, 15) is 0 Å². The minimum atomic E-state index is -2.01. The van der Waals surface area contributed by atoms with Gasteiger partial charge in [0.05, 0.1) is 16.1 Å². The number of fused-ring (bicyclic) bond motifs is 2. The summed E-state index contributed by atoms with van der Waals surface area (Å²) >= 11 is 4.81. The van der Waals surface area contributed by atoms with Crippen molar-refractivity contribution in [3.63, 3.8) is 0 Å². The Labute approximate surface area is 235 Å². The Morgan fingerprint density at radius 1 is 0.667 bits per heavy atom. The van der Waals surface area contributed by atoms with Gasteiger partial charge in [0.15, 0.2) is 0 Å². The van der Waals surface area contributed by atoms with Crippen LogP contribution in [-0.4, -0.2) is 22.8 Å². The standard InChI is InChI=1S/C32H55BrSi3/c1-15-31(16-2)20-29(5,6)24-22(31)19-23-25(30(7,8)21-32(23,17-3)18-4)26(24)36(33)27(34(9,10)11)28(36)35(12,13)14/h19H,15-18,20-21H2,1-14H3. The van der Waals surface area contributed by atoms with Gasteiger partial charge in [0.25, 0.3) is 0 Å². The molecule has 0 amide bonds. The topological polar surface area (TPSA) is 0 Å². The van der Waals surface area contributed by atoms with E-state index in [-0.39, 0.29) is 10.8 Å². The van der Waals surface area contributed by atoms with E-state index in [2.05, 4.69) is 101 Å². The summed E-state index contributed by atoms with van der Waals surface area (Å²) < 4.78 is 0. The lowest BCUT2D eigenvalue weighted by Gasteiger charge is -2.35. The van der Waals surface area contributed by atoms with Gasteiger partial charge in [0, 0.05) is 0 Å². The third-order valence-electron chi connectivity index (χ3n) is 10.8. The van der Waals surface area contributed by atoms with Crippen LogP contribution in [0.25, 0.3) is 0 Å². The molecule has 0 nitrogen and oxygen atoms in total. The average Bonchev–Trinajstić information content (AvgIpc) is 3.28. The first-order valence-corrected chi connectivity index (χ1v) is 26.2. The second-order valence-corrected chi connectivity index (χ2v) is 33.5. The van der Waals surface area contributed by atoms with E-state index >= 15 is 0 Å². The minimum absolute atomic E-state index is 0.233. The zero-order chi connectivity index (χ0) is 27.5. The Hall–Kier alpha value is 0.0906. The zero-order valence-electron chi connectivity index (χ0n) is 26.2. The monoisotopic (exact) mass is 602 g/mol. The van der Waals surface area contributed by atoms with Crippen molar-refractivity contribution in [2.45, 2.75) is 155 Å². The average molecular weight is 604 g/mol. The highest BCUT2D eigenvalue weighted by Gasteiger charge is 2.67.